The summed E-state index contributed by atoms with van der Waals surface area (Å²) in [6.07, 6.45) is 1.73. The highest BCUT2D eigenvalue weighted by molar-refractivity contribution is 5.70. The Labute approximate surface area is 88.8 Å². The minimum Gasteiger partial charge on any atom is -0.398 e. The summed E-state index contributed by atoms with van der Waals surface area (Å²) in [6.45, 7) is 4.12. The van der Waals surface area contributed by atoms with Gasteiger partial charge < -0.3 is 5.73 Å². The van der Waals surface area contributed by atoms with Gasteiger partial charge in [0.15, 0.2) is 5.82 Å². The second-order valence-electron chi connectivity index (χ2n) is 3.73. The number of rotatable bonds is 2. The first-order chi connectivity index (χ1) is 7.18. The van der Waals surface area contributed by atoms with E-state index in [1.807, 2.05) is 28.9 Å². The van der Waals surface area contributed by atoms with Crippen molar-refractivity contribution in [2.75, 3.05) is 5.73 Å². The van der Waals surface area contributed by atoms with Crippen molar-refractivity contribution in [1.29, 1.82) is 0 Å². The maximum atomic E-state index is 5.85. The van der Waals surface area contributed by atoms with E-state index in [1.165, 1.54) is 0 Å². The number of nitrogens with zero attached hydrogens (tertiary/aromatic N) is 3. The molecular weight excluding hydrogens is 188 g/mol. The molecule has 2 rings (SSSR count). The number of para-hydroxylation sites is 1. The maximum Gasteiger partial charge on any atom is 0.183 e. The molecule has 0 bridgehead atoms. The largest absolute Gasteiger partial charge is 0.398 e. The van der Waals surface area contributed by atoms with E-state index < -0.39 is 0 Å². The molecule has 1 aromatic carbocycles. The molecule has 15 heavy (non-hydrogen) atoms. The zero-order valence-electron chi connectivity index (χ0n) is 8.88. The molecule has 0 aliphatic heterocycles. The molecule has 0 saturated heterocycles. The molecule has 2 aromatic rings. The van der Waals surface area contributed by atoms with E-state index in [0.717, 1.165) is 5.56 Å². The maximum absolute atomic E-state index is 5.85. The number of nitrogen functional groups attached to an aromatic ring is 1. The lowest BCUT2D eigenvalue weighted by molar-refractivity contribution is 0.532. The van der Waals surface area contributed by atoms with Crippen LogP contribution in [0.4, 0.5) is 5.69 Å². The van der Waals surface area contributed by atoms with Crippen molar-refractivity contribution in [2.24, 2.45) is 0 Å². The molecule has 0 spiro atoms. The summed E-state index contributed by atoms with van der Waals surface area (Å²) < 4.78 is 1.82. The van der Waals surface area contributed by atoms with Crippen LogP contribution in [0.15, 0.2) is 30.6 Å². The summed E-state index contributed by atoms with van der Waals surface area (Å²) >= 11 is 0. The van der Waals surface area contributed by atoms with Gasteiger partial charge in [-0.1, -0.05) is 12.1 Å². The Morgan fingerprint density at radius 3 is 2.60 bits per heavy atom. The lowest BCUT2D eigenvalue weighted by Gasteiger charge is -2.03. The van der Waals surface area contributed by atoms with Gasteiger partial charge in [0.1, 0.15) is 6.33 Å². The normalized spacial score (nSPS) is 10.9. The molecule has 1 heterocycles. The van der Waals surface area contributed by atoms with Crippen LogP contribution < -0.4 is 5.73 Å². The number of nitrogens with two attached hydrogens (primary N) is 1. The van der Waals surface area contributed by atoms with Gasteiger partial charge in [0.25, 0.3) is 0 Å². The molecule has 0 fully saturated rings. The molecule has 4 heteroatoms. The lowest BCUT2D eigenvalue weighted by atomic mass is 10.2. The molecule has 0 atom stereocenters. The molecule has 1 aromatic heterocycles. The van der Waals surface area contributed by atoms with Crippen molar-refractivity contribution in [2.45, 2.75) is 19.9 Å². The summed E-state index contributed by atoms with van der Waals surface area (Å²) in [6, 6.07) is 7.93. The van der Waals surface area contributed by atoms with Crippen molar-refractivity contribution in [3.05, 3.63) is 30.6 Å². The topological polar surface area (TPSA) is 56.7 Å². The fraction of sp³-hybridized carbons (Fsp3) is 0.273. The smallest absolute Gasteiger partial charge is 0.183 e. The molecule has 78 valence electrons. The molecular formula is C11H14N4. The van der Waals surface area contributed by atoms with Gasteiger partial charge in [-0.15, -0.1) is 0 Å². The molecule has 0 aliphatic carbocycles. The molecule has 0 saturated carbocycles. The molecule has 2 N–H and O–H groups in total. The Hall–Kier alpha value is -1.84. The fourth-order valence-corrected chi connectivity index (χ4v) is 1.35. The first-order valence-electron chi connectivity index (χ1n) is 4.94. The van der Waals surface area contributed by atoms with Gasteiger partial charge >= 0.3 is 0 Å². The standard InChI is InChI=1S/C11H14N4/c1-8(2)15-7-13-11(14-15)9-5-3-4-6-10(9)12/h3-8H,12H2,1-2H3. The van der Waals surface area contributed by atoms with Crippen LogP contribution in [0.5, 0.6) is 0 Å². The van der Waals surface area contributed by atoms with E-state index in [-0.39, 0.29) is 0 Å². The second kappa shape index (κ2) is 3.73. The SMILES string of the molecule is CC(C)n1cnc(-c2ccccc2N)n1. The molecule has 4 nitrogen and oxygen atoms in total. The van der Waals surface area contributed by atoms with E-state index >= 15 is 0 Å². The quantitative estimate of drug-likeness (QED) is 0.759. The van der Waals surface area contributed by atoms with Gasteiger partial charge in [-0.2, -0.15) is 5.10 Å². The zero-order chi connectivity index (χ0) is 10.8. The molecule has 0 radical (unpaired) electrons. The van der Waals surface area contributed by atoms with Crippen molar-refractivity contribution in [3.63, 3.8) is 0 Å². The Balaban J connectivity index is 2.42. The van der Waals surface area contributed by atoms with E-state index in [2.05, 4.69) is 23.9 Å². The Kier molecular flexibility index (Phi) is 2.41. The molecule has 0 unspecified atom stereocenters. The van der Waals surface area contributed by atoms with Gasteiger partial charge in [-0.05, 0) is 26.0 Å². The average molecular weight is 202 g/mol. The first kappa shape index (κ1) is 9.71. The van der Waals surface area contributed by atoms with Crippen molar-refractivity contribution in [3.8, 4) is 11.4 Å². The summed E-state index contributed by atoms with van der Waals surface area (Å²) in [4.78, 5) is 4.24. The minimum atomic E-state index is 0.316. The van der Waals surface area contributed by atoms with Gasteiger partial charge in [-0.3, -0.25) is 0 Å². The average Bonchev–Trinajstić information content (AvgIpc) is 2.67. The molecule has 0 amide bonds. The fourth-order valence-electron chi connectivity index (χ4n) is 1.35. The van der Waals surface area contributed by atoms with Crippen LogP contribution in [-0.2, 0) is 0 Å². The van der Waals surface area contributed by atoms with Crippen LogP contribution in [0.3, 0.4) is 0 Å². The van der Waals surface area contributed by atoms with Gasteiger partial charge in [0, 0.05) is 17.3 Å². The predicted molar refractivity (Wildman–Crippen MR) is 60.3 cm³/mol. The lowest BCUT2D eigenvalue weighted by Crippen LogP contribution is -2.01. The van der Waals surface area contributed by atoms with Crippen molar-refractivity contribution >= 4 is 5.69 Å². The zero-order valence-corrected chi connectivity index (χ0v) is 8.88. The van der Waals surface area contributed by atoms with E-state index in [9.17, 15) is 0 Å². The minimum absolute atomic E-state index is 0.316. The number of benzene rings is 1. The van der Waals surface area contributed by atoms with Crippen LogP contribution in [0, 0.1) is 0 Å². The van der Waals surface area contributed by atoms with E-state index in [1.54, 1.807) is 6.33 Å². The van der Waals surface area contributed by atoms with Crippen molar-refractivity contribution < 1.29 is 0 Å². The van der Waals surface area contributed by atoms with E-state index in [4.69, 9.17) is 5.73 Å². The summed E-state index contributed by atoms with van der Waals surface area (Å²) in [7, 11) is 0. The second-order valence-corrected chi connectivity index (χ2v) is 3.73. The predicted octanol–water partition coefficient (Wildman–Crippen LogP) is 2.11. The Morgan fingerprint density at radius 2 is 2.00 bits per heavy atom. The van der Waals surface area contributed by atoms with E-state index in [0.29, 0.717) is 17.6 Å². The van der Waals surface area contributed by atoms with Gasteiger partial charge in [0.2, 0.25) is 0 Å². The van der Waals surface area contributed by atoms with Crippen LogP contribution in [-0.4, -0.2) is 14.8 Å². The van der Waals surface area contributed by atoms with Crippen LogP contribution in [0.25, 0.3) is 11.4 Å². The summed E-state index contributed by atoms with van der Waals surface area (Å²) in [5.41, 5.74) is 7.44. The highest BCUT2D eigenvalue weighted by Gasteiger charge is 2.08. The van der Waals surface area contributed by atoms with Crippen LogP contribution >= 0.6 is 0 Å². The van der Waals surface area contributed by atoms with Crippen LogP contribution in [0.2, 0.25) is 0 Å². The third-order valence-corrected chi connectivity index (χ3v) is 2.24. The summed E-state index contributed by atoms with van der Waals surface area (Å²) in [5, 5.41) is 4.37. The van der Waals surface area contributed by atoms with Crippen LogP contribution in [0.1, 0.15) is 19.9 Å². The molecule has 0 aliphatic rings. The summed E-state index contributed by atoms with van der Waals surface area (Å²) in [5.74, 6) is 0.682. The monoisotopic (exact) mass is 202 g/mol. The third-order valence-electron chi connectivity index (χ3n) is 2.24. The van der Waals surface area contributed by atoms with Crippen molar-refractivity contribution in [1.82, 2.24) is 14.8 Å². The van der Waals surface area contributed by atoms with Gasteiger partial charge in [0.05, 0.1) is 0 Å². The third kappa shape index (κ3) is 1.83. The number of hydrogen-bond donors (Lipinski definition) is 1. The Morgan fingerprint density at radius 1 is 1.27 bits per heavy atom. The number of aromatic nitrogens is 3. The highest BCUT2D eigenvalue weighted by Crippen LogP contribution is 2.21. The first-order valence-corrected chi connectivity index (χ1v) is 4.94. The number of anilines is 1. The number of hydrogen-bond acceptors (Lipinski definition) is 3. The van der Waals surface area contributed by atoms with Gasteiger partial charge in [-0.25, -0.2) is 9.67 Å². The highest BCUT2D eigenvalue weighted by atomic mass is 15.3. The Bertz CT molecular complexity index is 459.